The number of nitrogens with two attached hydrogens (primary N) is 1. The van der Waals surface area contributed by atoms with Crippen LogP contribution in [0, 0.1) is 0 Å². The number of ether oxygens (including phenoxy) is 2. The Kier molecular flexibility index (Phi) is 5.47. The highest BCUT2D eigenvalue weighted by Gasteiger charge is 2.20. The highest BCUT2D eigenvalue weighted by atomic mass is 16.5. The van der Waals surface area contributed by atoms with E-state index in [4.69, 9.17) is 15.2 Å². The van der Waals surface area contributed by atoms with Gasteiger partial charge in [0.2, 0.25) is 23.7 Å². The van der Waals surface area contributed by atoms with Crippen LogP contribution >= 0.6 is 0 Å². The summed E-state index contributed by atoms with van der Waals surface area (Å²) >= 11 is 0. The fraction of sp³-hybridized carbons (Fsp3) is 0.500. The molecule has 0 aromatic carbocycles. The fourth-order valence-corrected chi connectivity index (χ4v) is 3.21. The van der Waals surface area contributed by atoms with E-state index in [1.807, 2.05) is 4.90 Å². The lowest BCUT2D eigenvalue weighted by Gasteiger charge is -2.27. The molecule has 0 saturated carbocycles. The van der Waals surface area contributed by atoms with Gasteiger partial charge in [-0.25, -0.2) is 15.0 Å². The fourth-order valence-electron chi connectivity index (χ4n) is 3.21. The molecule has 4 rings (SSSR count). The molecule has 2 saturated heterocycles. The average molecular weight is 385 g/mol. The van der Waals surface area contributed by atoms with Crippen molar-refractivity contribution in [1.82, 2.24) is 24.8 Å². The van der Waals surface area contributed by atoms with Gasteiger partial charge >= 0.3 is 0 Å². The third kappa shape index (κ3) is 4.28. The third-order valence-electron chi connectivity index (χ3n) is 4.73. The molecule has 2 aromatic heterocycles. The molecule has 0 bridgehead atoms. The maximum atomic E-state index is 11.7. The molecule has 2 fully saturated rings. The van der Waals surface area contributed by atoms with Gasteiger partial charge in [0.25, 0.3) is 0 Å². The first-order chi connectivity index (χ1) is 13.7. The van der Waals surface area contributed by atoms with Gasteiger partial charge in [-0.1, -0.05) is 0 Å². The number of likely N-dealkylation sites (tertiary alicyclic amines) is 1. The number of aromatic nitrogens is 4. The van der Waals surface area contributed by atoms with Gasteiger partial charge in [0.05, 0.1) is 25.5 Å². The molecule has 0 radical (unpaired) electrons. The molecule has 0 atom stereocenters. The molecule has 0 aliphatic carbocycles. The van der Waals surface area contributed by atoms with Crippen LogP contribution in [-0.4, -0.2) is 76.7 Å². The topological polar surface area (TPSA) is 120 Å². The Hall–Kier alpha value is -3.01. The van der Waals surface area contributed by atoms with E-state index in [2.05, 4.69) is 24.8 Å². The van der Waals surface area contributed by atoms with Gasteiger partial charge in [-0.2, -0.15) is 4.98 Å². The van der Waals surface area contributed by atoms with Crippen molar-refractivity contribution in [2.45, 2.75) is 12.8 Å². The number of nitrogens with zero attached hydrogens (tertiary/aromatic N) is 6. The van der Waals surface area contributed by atoms with E-state index in [9.17, 15) is 4.79 Å². The van der Waals surface area contributed by atoms with E-state index in [1.165, 1.54) is 0 Å². The van der Waals surface area contributed by atoms with Crippen LogP contribution in [0.4, 0.5) is 11.9 Å². The number of carbonyl (C=O) groups is 1. The normalized spacial score (nSPS) is 17.2. The van der Waals surface area contributed by atoms with Gasteiger partial charge in [0.1, 0.15) is 6.61 Å². The Bertz CT molecular complexity index is 824. The molecule has 10 nitrogen and oxygen atoms in total. The van der Waals surface area contributed by atoms with Gasteiger partial charge in [0, 0.05) is 50.1 Å². The minimum Gasteiger partial charge on any atom is -0.476 e. The summed E-state index contributed by atoms with van der Waals surface area (Å²) in [4.78, 5) is 32.9. The van der Waals surface area contributed by atoms with Crippen LogP contribution in [-0.2, 0) is 9.53 Å². The van der Waals surface area contributed by atoms with Crippen molar-refractivity contribution >= 4 is 17.8 Å². The quantitative estimate of drug-likeness (QED) is 0.751. The SMILES string of the molecule is Nc1ncc(-c2cc(OCCN3CCCC3=O)nc(N3CCOCC3)n2)cn1. The predicted molar refractivity (Wildman–Crippen MR) is 102 cm³/mol. The van der Waals surface area contributed by atoms with Gasteiger partial charge in [-0.3, -0.25) is 4.79 Å². The van der Waals surface area contributed by atoms with E-state index >= 15 is 0 Å². The Morgan fingerprint density at radius 3 is 2.64 bits per heavy atom. The van der Waals surface area contributed by atoms with Gasteiger partial charge in [-0.15, -0.1) is 0 Å². The molecule has 4 heterocycles. The number of carbonyl (C=O) groups excluding carboxylic acids is 1. The maximum Gasteiger partial charge on any atom is 0.229 e. The summed E-state index contributed by atoms with van der Waals surface area (Å²) in [5.41, 5.74) is 6.97. The van der Waals surface area contributed by atoms with E-state index in [1.54, 1.807) is 18.5 Å². The van der Waals surface area contributed by atoms with Crippen molar-refractivity contribution in [1.29, 1.82) is 0 Å². The number of anilines is 2. The average Bonchev–Trinajstić information content (AvgIpc) is 3.14. The van der Waals surface area contributed by atoms with Crippen LogP contribution in [0.1, 0.15) is 12.8 Å². The second-order valence-corrected chi connectivity index (χ2v) is 6.65. The van der Waals surface area contributed by atoms with Crippen molar-refractivity contribution in [2.24, 2.45) is 0 Å². The van der Waals surface area contributed by atoms with Crippen LogP contribution in [0.2, 0.25) is 0 Å². The first kappa shape index (κ1) is 18.4. The molecule has 2 N–H and O–H groups in total. The first-order valence-corrected chi connectivity index (χ1v) is 9.39. The number of hydrogen-bond acceptors (Lipinski definition) is 9. The van der Waals surface area contributed by atoms with Crippen LogP contribution in [0.3, 0.4) is 0 Å². The molecule has 2 aliphatic rings. The Balaban J connectivity index is 1.54. The molecule has 1 amide bonds. The molecular weight excluding hydrogens is 362 g/mol. The number of nitrogen functional groups attached to an aromatic ring is 1. The second-order valence-electron chi connectivity index (χ2n) is 6.65. The Morgan fingerprint density at radius 2 is 1.93 bits per heavy atom. The largest absolute Gasteiger partial charge is 0.476 e. The number of morpholine rings is 1. The monoisotopic (exact) mass is 385 g/mol. The maximum absolute atomic E-state index is 11.7. The minimum atomic E-state index is 0.181. The lowest BCUT2D eigenvalue weighted by Crippen LogP contribution is -2.37. The first-order valence-electron chi connectivity index (χ1n) is 9.39. The van der Waals surface area contributed by atoms with Crippen LogP contribution in [0.25, 0.3) is 11.3 Å². The summed E-state index contributed by atoms with van der Waals surface area (Å²) in [6.07, 6.45) is 4.78. The zero-order valence-corrected chi connectivity index (χ0v) is 15.6. The number of rotatable bonds is 6. The van der Waals surface area contributed by atoms with E-state index in [-0.39, 0.29) is 11.9 Å². The summed E-state index contributed by atoms with van der Waals surface area (Å²) in [5.74, 6) is 1.41. The number of amides is 1. The second kappa shape index (κ2) is 8.34. The van der Waals surface area contributed by atoms with Crippen molar-refractivity contribution in [3.8, 4) is 17.1 Å². The third-order valence-corrected chi connectivity index (χ3v) is 4.73. The van der Waals surface area contributed by atoms with Gasteiger partial charge in [0.15, 0.2) is 0 Å². The Labute approximate surface area is 162 Å². The molecule has 0 spiro atoms. The lowest BCUT2D eigenvalue weighted by atomic mass is 10.2. The van der Waals surface area contributed by atoms with Crippen LogP contribution < -0.4 is 15.4 Å². The van der Waals surface area contributed by atoms with Crippen molar-refractivity contribution in [2.75, 3.05) is 56.6 Å². The zero-order chi connectivity index (χ0) is 19.3. The van der Waals surface area contributed by atoms with Gasteiger partial charge < -0.3 is 25.0 Å². The summed E-state index contributed by atoms with van der Waals surface area (Å²) < 4.78 is 11.3. The van der Waals surface area contributed by atoms with E-state index in [0.717, 1.165) is 18.5 Å². The minimum absolute atomic E-state index is 0.181. The summed E-state index contributed by atoms with van der Waals surface area (Å²) in [5, 5.41) is 0. The predicted octanol–water partition coefficient (Wildman–Crippen LogP) is 0.354. The molecule has 28 heavy (non-hydrogen) atoms. The highest BCUT2D eigenvalue weighted by Crippen LogP contribution is 2.24. The summed E-state index contributed by atoms with van der Waals surface area (Å²) in [6.45, 7) is 4.41. The Morgan fingerprint density at radius 1 is 1.14 bits per heavy atom. The van der Waals surface area contributed by atoms with E-state index in [0.29, 0.717) is 63.4 Å². The standard InChI is InChI=1S/C18H23N7O3/c19-17-20-11-13(12-21-17)14-10-15(28-9-6-24-3-1-2-16(24)26)23-18(22-14)25-4-7-27-8-5-25/h10-12H,1-9H2,(H2,19,20,21). The van der Waals surface area contributed by atoms with Crippen molar-refractivity contribution in [3.05, 3.63) is 18.5 Å². The van der Waals surface area contributed by atoms with Crippen molar-refractivity contribution < 1.29 is 14.3 Å². The zero-order valence-electron chi connectivity index (χ0n) is 15.6. The smallest absolute Gasteiger partial charge is 0.229 e. The van der Waals surface area contributed by atoms with E-state index < -0.39 is 0 Å². The van der Waals surface area contributed by atoms with Gasteiger partial charge in [-0.05, 0) is 6.42 Å². The molecule has 148 valence electrons. The number of hydrogen-bond donors (Lipinski definition) is 1. The van der Waals surface area contributed by atoms with Crippen molar-refractivity contribution in [3.63, 3.8) is 0 Å². The molecule has 2 aromatic rings. The molecule has 0 unspecified atom stereocenters. The lowest BCUT2D eigenvalue weighted by molar-refractivity contribution is -0.128. The molecule has 2 aliphatic heterocycles. The summed E-state index contributed by atoms with van der Waals surface area (Å²) in [7, 11) is 0. The van der Waals surface area contributed by atoms with Crippen LogP contribution in [0.15, 0.2) is 18.5 Å². The molecule has 10 heteroatoms. The molecular formula is C18H23N7O3. The highest BCUT2D eigenvalue weighted by molar-refractivity contribution is 5.78. The summed E-state index contributed by atoms with van der Waals surface area (Å²) in [6, 6.07) is 1.75. The van der Waals surface area contributed by atoms with Crippen LogP contribution in [0.5, 0.6) is 5.88 Å².